The van der Waals surface area contributed by atoms with E-state index in [9.17, 15) is 9.18 Å². The van der Waals surface area contributed by atoms with Crippen LogP contribution in [0, 0.1) is 11.7 Å². The molecule has 0 spiro atoms. The van der Waals surface area contributed by atoms with Crippen molar-refractivity contribution in [3.05, 3.63) is 92.1 Å². The summed E-state index contributed by atoms with van der Waals surface area (Å²) in [5, 5.41) is 0. The van der Waals surface area contributed by atoms with E-state index in [-0.39, 0.29) is 18.3 Å². The fraction of sp³-hybridized carbons (Fsp3) is 0.192. The standard InChI is InChI=1S/C26H22Br2FNO2/c1-16(2)14-30-24-9-4-3-8-20(24)21(26(30)31)11-18-12-22(27)25(23(28)13-18)32-15-17-6-5-7-19(29)10-17/h3-13,16H,14-15H2,1-2H3/b21-11-. The Hall–Kier alpha value is -2.44. The molecule has 32 heavy (non-hydrogen) atoms. The summed E-state index contributed by atoms with van der Waals surface area (Å²) in [6, 6.07) is 18.1. The molecule has 1 amide bonds. The van der Waals surface area contributed by atoms with Crippen LogP contribution in [0.5, 0.6) is 5.75 Å². The van der Waals surface area contributed by atoms with Crippen LogP contribution in [0.25, 0.3) is 11.6 Å². The van der Waals surface area contributed by atoms with Crippen molar-refractivity contribution in [2.75, 3.05) is 11.4 Å². The van der Waals surface area contributed by atoms with Crippen molar-refractivity contribution in [3.8, 4) is 5.75 Å². The van der Waals surface area contributed by atoms with Crippen LogP contribution >= 0.6 is 31.9 Å². The highest BCUT2D eigenvalue weighted by Crippen LogP contribution is 2.40. The molecule has 164 valence electrons. The zero-order valence-electron chi connectivity index (χ0n) is 17.7. The van der Waals surface area contributed by atoms with Gasteiger partial charge < -0.3 is 9.64 Å². The molecule has 0 saturated heterocycles. The summed E-state index contributed by atoms with van der Waals surface area (Å²) in [7, 11) is 0. The van der Waals surface area contributed by atoms with E-state index in [0.29, 0.717) is 23.8 Å². The Morgan fingerprint density at radius 3 is 2.44 bits per heavy atom. The Morgan fingerprint density at radius 2 is 1.75 bits per heavy atom. The summed E-state index contributed by atoms with van der Waals surface area (Å²) in [5.41, 5.74) is 4.18. The first-order chi connectivity index (χ1) is 15.3. The van der Waals surface area contributed by atoms with Crippen molar-refractivity contribution < 1.29 is 13.9 Å². The van der Waals surface area contributed by atoms with Gasteiger partial charge in [-0.1, -0.05) is 44.2 Å². The minimum absolute atomic E-state index is 0.0126. The Bertz CT molecular complexity index is 1180. The molecule has 1 aliphatic rings. The van der Waals surface area contributed by atoms with Gasteiger partial charge in [-0.3, -0.25) is 4.79 Å². The van der Waals surface area contributed by atoms with Gasteiger partial charge in [0.2, 0.25) is 0 Å². The number of hydrogen-bond acceptors (Lipinski definition) is 2. The van der Waals surface area contributed by atoms with Gasteiger partial charge in [-0.15, -0.1) is 0 Å². The van der Waals surface area contributed by atoms with Gasteiger partial charge in [0.1, 0.15) is 18.2 Å². The van der Waals surface area contributed by atoms with Crippen LogP contribution in [0.1, 0.15) is 30.5 Å². The van der Waals surface area contributed by atoms with Gasteiger partial charge in [0.25, 0.3) is 5.91 Å². The summed E-state index contributed by atoms with van der Waals surface area (Å²) >= 11 is 7.15. The lowest BCUT2D eigenvalue weighted by Gasteiger charge is -2.19. The van der Waals surface area contributed by atoms with Crippen LogP contribution in [0.2, 0.25) is 0 Å². The van der Waals surface area contributed by atoms with E-state index in [2.05, 4.69) is 45.7 Å². The molecule has 0 radical (unpaired) electrons. The summed E-state index contributed by atoms with van der Waals surface area (Å²) in [6.45, 7) is 5.13. The predicted octanol–water partition coefficient (Wildman–Crippen LogP) is 7.47. The van der Waals surface area contributed by atoms with Gasteiger partial charge in [0.15, 0.2) is 0 Å². The maximum absolute atomic E-state index is 13.4. The number of halogens is 3. The Morgan fingerprint density at radius 1 is 1.03 bits per heavy atom. The molecule has 4 rings (SSSR count). The highest BCUT2D eigenvalue weighted by Gasteiger charge is 2.32. The molecular weight excluding hydrogens is 537 g/mol. The first-order valence-electron chi connectivity index (χ1n) is 10.3. The maximum atomic E-state index is 13.4. The minimum Gasteiger partial charge on any atom is -0.487 e. The molecule has 0 saturated carbocycles. The smallest absolute Gasteiger partial charge is 0.259 e. The van der Waals surface area contributed by atoms with E-state index in [0.717, 1.165) is 31.3 Å². The fourth-order valence-corrected chi connectivity index (χ4v) is 5.19. The molecule has 0 aromatic heterocycles. The molecule has 3 aromatic carbocycles. The molecule has 0 unspecified atom stereocenters. The number of anilines is 1. The average Bonchev–Trinajstić information content (AvgIpc) is 2.99. The number of benzene rings is 3. The van der Waals surface area contributed by atoms with E-state index >= 15 is 0 Å². The monoisotopic (exact) mass is 557 g/mol. The zero-order chi connectivity index (χ0) is 22.8. The van der Waals surface area contributed by atoms with Crippen molar-refractivity contribution >= 4 is 55.1 Å². The normalized spacial score (nSPS) is 14.4. The SMILES string of the molecule is CC(C)CN1C(=O)/C(=C\c2cc(Br)c(OCc3cccc(F)c3)c(Br)c2)c2ccccc21. The summed E-state index contributed by atoms with van der Waals surface area (Å²) in [4.78, 5) is 15.1. The topological polar surface area (TPSA) is 29.5 Å². The number of hydrogen-bond donors (Lipinski definition) is 0. The molecule has 3 aromatic rings. The van der Waals surface area contributed by atoms with Crippen LogP contribution in [-0.4, -0.2) is 12.5 Å². The van der Waals surface area contributed by atoms with Gasteiger partial charge >= 0.3 is 0 Å². The number of para-hydroxylation sites is 1. The highest BCUT2D eigenvalue weighted by atomic mass is 79.9. The van der Waals surface area contributed by atoms with Crippen molar-refractivity contribution in [2.45, 2.75) is 20.5 Å². The lowest BCUT2D eigenvalue weighted by Crippen LogP contribution is -2.30. The van der Waals surface area contributed by atoms with E-state index in [4.69, 9.17) is 4.74 Å². The number of amides is 1. The van der Waals surface area contributed by atoms with E-state index in [1.807, 2.05) is 53.4 Å². The first-order valence-corrected chi connectivity index (χ1v) is 11.9. The average molecular weight is 559 g/mol. The Balaban J connectivity index is 1.62. The summed E-state index contributed by atoms with van der Waals surface area (Å²) < 4.78 is 20.8. The highest BCUT2D eigenvalue weighted by molar-refractivity contribution is 9.11. The van der Waals surface area contributed by atoms with Crippen LogP contribution in [0.15, 0.2) is 69.6 Å². The lowest BCUT2D eigenvalue weighted by molar-refractivity contribution is -0.113. The third kappa shape index (κ3) is 4.81. The van der Waals surface area contributed by atoms with Crippen molar-refractivity contribution in [2.24, 2.45) is 5.92 Å². The van der Waals surface area contributed by atoms with E-state index in [1.54, 1.807) is 6.07 Å². The number of carbonyl (C=O) groups is 1. The number of carbonyl (C=O) groups excluding carboxylic acids is 1. The van der Waals surface area contributed by atoms with Crippen LogP contribution in [0.4, 0.5) is 10.1 Å². The molecule has 0 atom stereocenters. The number of ether oxygens (including phenoxy) is 1. The Labute approximate surface area is 204 Å². The second-order valence-electron chi connectivity index (χ2n) is 8.12. The van der Waals surface area contributed by atoms with Gasteiger partial charge in [-0.05, 0) is 85.3 Å². The molecule has 3 nitrogen and oxygen atoms in total. The first kappa shape index (κ1) is 22.7. The number of fused-ring (bicyclic) bond motifs is 1. The summed E-state index contributed by atoms with van der Waals surface area (Å²) in [5.74, 6) is 0.706. The molecule has 1 aliphatic heterocycles. The van der Waals surface area contributed by atoms with Crippen molar-refractivity contribution in [3.63, 3.8) is 0 Å². The molecule has 0 bridgehead atoms. The quantitative estimate of drug-likeness (QED) is 0.294. The molecular formula is C26H22Br2FNO2. The minimum atomic E-state index is -0.292. The molecule has 6 heteroatoms. The predicted molar refractivity (Wildman–Crippen MR) is 134 cm³/mol. The van der Waals surface area contributed by atoms with Gasteiger partial charge in [-0.25, -0.2) is 4.39 Å². The third-order valence-electron chi connectivity index (χ3n) is 5.11. The molecule has 1 heterocycles. The largest absolute Gasteiger partial charge is 0.487 e. The fourth-order valence-electron chi connectivity index (χ4n) is 3.74. The number of nitrogens with zero attached hydrogens (tertiary/aromatic N) is 1. The maximum Gasteiger partial charge on any atom is 0.259 e. The second kappa shape index (κ2) is 9.59. The van der Waals surface area contributed by atoms with Crippen LogP contribution in [-0.2, 0) is 11.4 Å². The van der Waals surface area contributed by atoms with Crippen molar-refractivity contribution in [1.82, 2.24) is 0 Å². The third-order valence-corrected chi connectivity index (χ3v) is 6.29. The van der Waals surface area contributed by atoms with Gasteiger partial charge in [0.05, 0.1) is 14.6 Å². The summed E-state index contributed by atoms with van der Waals surface area (Å²) in [6.07, 6.45) is 1.91. The Kier molecular flexibility index (Phi) is 6.82. The molecule has 0 N–H and O–H groups in total. The number of rotatable bonds is 6. The van der Waals surface area contributed by atoms with Crippen LogP contribution < -0.4 is 9.64 Å². The molecule has 0 fully saturated rings. The zero-order valence-corrected chi connectivity index (χ0v) is 20.9. The second-order valence-corrected chi connectivity index (χ2v) is 9.83. The molecule has 0 aliphatic carbocycles. The van der Waals surface area contributed by atoms with Crippen LogP contribution in [0.3, 0.4) is 0 Å². The van der Waals surface area contributed by atoms with Gasteiger partial charge in [-0.2, -0.15) is 0 Å². The van der Waals surface area contributed by atoms with Gasteiger partial charge in [0, 0.05) is 17.7 Å². The van der Waals surface area contributed by atoms with Crippen molar-refractivity contribution in [1.29, 1.82) is 0 Å². The lowest BCUT2D eigenvalue weighted by atomic mass is 10.0. The van der Waals surface area contributed by atoms with E-state index in [1.165, 1.54) is 12.1 Å². The van der Waals surface area contributed by atoms with E-state index < -0.39 is 0 Å².